The summed E-state index contributed by atoms with van der Waals surface area (Å²) in [6.07, 6.45) is 1.87. The average Bonchev–Trinajstić information content (AvgIpc) is 2.88. The van der Waals surface area contributed by atoms with E-state index in [0.29, 0.717) is 0 Å². The Hall–Kier alpha value is -1.89. The molecule has 114 valence electrons. The third kappa shape index (κ3) is 3.41. The van der Waals surface area contributed by atoms with Crippen LogP contribution >= 0.6 is 11.3 Å². The minimum atomic E-state index is -0.0419. The first-order chi connectivity index (χ1) is 10.1. The highest BCUT2D eigenvalue weighted by molar-refractivity contribution is 7.18. The van der Waals surface area contributed by atoms with Crippen LogP contribution in [0.3, 0.4) is 0 Å². The molecule has 0 spiro atoms. The van der Waals surface area contributed by atoms with Gasteiger partial charge < -0.3 is 16.0 Å². The molecule has 2 aromatic rings. The van der Waals surface area contributed by atoms with Gasteiger partial charge >= 0.3 is 0 Å². The summed E-state index contributed by atoms with van der Waals surface area (Å²) in [5.74, 6) is 0.957. The Bertz CT molecular complexity index is 640. The monoisotopic (exact) mass is 307 g/mol. The Morgan fingerprint density at radius 2 is 2.19 bits per heavy atom. The maximum absolute atomic E-state index is 11.7. The second-order valence-electron chi connectivity index (χ2n) is 4.79. The second kappa shape index (κ2) is 6.71. The normalized spacial score (nSPS) is 10.8. The van der Waals surface area contributed by atoms with Gasteiger partial charge in [-0.1, -0.05) is 13.8 Å². The first-order valence-corrected chi connectivity index (χ1v) is 7.92. The summed E-state index contributed by atoms with van der Waals surface area (Å²) >= 11 is 1.63. The lowest BCUT2D eigenvalue weighted by atomic mass is 10.2. The van der Waals surface area contributed by atoms with Crippen molar-refractivity contribution in [2.24, 2.45) is 0 Å². The zero-order chi connectivity index (χ0) is 15.4. The van der Waals surface area contributed by atoms with E-state index in [1.54, 1.807) is 18.4 Å². The summed E-state index contributed by atoms with van der Waals surface area (Å²) in [6.45, 7) is 5.20. The number of hydrogen-bond donors (Lipinski definition) is 2. The van der Waals surface area contributed by atoms with Crippen molar-refractivity contribution in [2.75, 3.05) is 30.8 Å². The molecule has 0 radical (unpaired) electrons. The molecule has 21 heavy (non-hydrogen) atoms. The van der Waals surface area contributed by atoms with Crippen molar-refractivity contribution in [1.82, 2.24) is 15.3 Å². The second-order valence-corrected chi connectivity index (χ2v) is 5.90. The minimum Gasteiger partial charge on any atom is -0.368 e. The van der Waals surface area contributed by atoms with E-state index in [-0.39, 0.29) is 18.4 Å². The Morgan fingerprint density at radius 3 is 2.81 bits per heavy atom. The average molecular weight is 307 g/mol. The van der Waals surface area contributed by atoms with Gasteiger partial charge in [0.25, 0.3) is 0 Å². The van der Waals surface area contributed by atoms with Crippen LogP contribution in [0.15, 0.2) is 6.07 Å². The standard InChI is InChI=1S/C14H21N5OS/c1-4-6-19(8-11(20)16-3)12-10-7-9(5-2)21-13(10)18-14(15)17-12/h7H,4-6,8H2,1-3H3,(H,16,20)(H2,15,17,18). The fourth-order valence-electron chi connectivity index (χ4n) is 2.17. The number of aromatic nitrogens is 2. The molecule has 3 N–H and O–H groups in total. The number of nitrogens with zero attached hydrogens (tertiary/aromatic N) is 3. The van der Waals surface area contributed by atoms with Crippen LogP contribution in [0, 0.1) is 0 Å². The third-order valence-electron chi connectivity index (χ3n) is 3.20. The van der Waals surface area contributed by atoms with E-state index in [0.717, 1.165) is 35.4 Å². The number of likely N-dealkylation sites (N-methyl/N-ethyl adjacent to an activating group) is 1. The fraction of sp³-hybridized carbons (Fsp3) is 0.500. The molecule has 0 aliphatic heterocycles. The van der Waals surface area contributed by atoms with Crippen molar-refractivity contribution in [2.45, 2.75) is 26.7 Å². The lowest BCUT2D eigenvalue weighted by Crippen LogP contribution is -2.36. The van der Waals surface area contributed by atoms with E-state index in [9.17, 15) is 4.79 Å². The Kier molecular flexibility index (Phi) is 4.95. The van der Waals surface area contributed by atoms with Gasteiger partial charge in [0, 0.05) is 18.5 Å². The van der Waals surface area contributed by atoms with E-state index in [1.807, 2.05) is 4.90 Å². The predicted octanol–water partition coefficient (Wildman–Crippen LogP) is 1.80. The summed E-state index contributed by atoms with van der Waals surface area (Å²) in [5, 5.41) is 3.63. The van der Waals surface area contributed by atoms with Gasteiger partial charge in [-0.25, -0.2) is 4.98 Å². The molecule has 0 atom stereocenters. The summed E-state index contributed by atoms with van der Waals surface area (Å²) in [5.41, 5.74) is 5.83. The van der Waals surface area contributed by atoms with E-state index < -0.39 is 0 Å². The van der Waals surface area contributed by atoms with Crippen LogP contribution in [-0.4, -0.2) is 36.0 Å². The van der Waals surface area contributed by atoms with Crippen molar-refractivity contribution < 1.29 is 4.79 Å². The number of thiophene rings is 1. The number of nitrogens with one attached hydrogen (secondary N) is 1. The van der Waals surface area contributed by atoms with Crippen molar-refractivity contribution in [1.29, 1.82) is 0 Å². The number of nitrogens with two attached hydrogens (primary N) is 1. The lowest BCUT2D eigenvalue weighted by Gasteiger charge is -2.23. The summed E-state index contributed by atoms with van der Waals surface area (Å²) < 4.78 is 0. The molecule has 2 heterocycles. The minimum absolute atomic E-state index is 0.0419. The molecule has 0 unspecified atom stereocenters. The maximum atomic E-state index is 11.7. The van der Waals surface area contributed by atoms with Crippen LogP contribution in [0.4, 0.5) is 11.8 Å². The van der Waals surface area contributed by atoms with Gasteiger partial charge in [0.05, 0.1) is 11.9 Å². The van der Waals surface area contributed by atoms with Crippen LogP contribution < -0.4 is 16.0 Å². The van der Waals surface area contributed by atoms with Gasteiger partial charge in [0.1, 0.15) is 10.6 Å². The van der Waals surface area contributed by atoms with Crippen molar-refractivity contribution in [3.8, 4) is 0 Å². The van der Waals surface area contributed by atoms with Crippen LogP contribution in [-0.2, 0) is 11.2 Å². The van der Waals surface area contributed by atoms with Gasteiger partial charge in [-0.3, -0.25) is 4.79 Å². The molecule has 7 heteroatoms. The number of hydrogen-bond acceptors (Lipinski definition) is 6. The highest BCUT2D eigenvalue weighted by Crippen LogP contribution is 2.31. The zero-order valence-corrected chi connectivity index (χ0v) is 13.5. The van der Waals surface area contributed by atoms with E-state index >= 15 is 0 Å². The smallest absolute Gasteiger partial charge is 0.239 e. The van der Waals surface area contributed by atoms with E-state index in [2.05, 4.69) is 35.2 Å². The highest BCUT2D eigenvalue weighted by atomic mass is 32.1. The van der Waals surface area contributed by atoms with E-state index in [1.165, 1.54) is 4.88 Å². The molecule has 0 aliphatic carbocycles. The molecular weight excluding hydrogens is 286 g/mol. The molecule has 1 amide bonds. The largest absolute Gasteiger partial charge is 0.368 e. The summed E-state index contributed by atoms with van der Waals surface area (Å²) in [7, 11) is 1.64. The first kappa shape index (κ1) is 15.5. The van der Waals surface area contributed by atoms with E-state index in [4.69, 9.17) is 5.73 Å². The number of amides is 1. The van der Waals surface area contributed by atoms with Gasteiger partial charge in [0.2, 0.25) is 11.9 Å². The van der Waals surface area contributed by atoms with Crippen LogP contribution in [0.2, 0.25) is 0 Å². The first-order valence-electron chi connectivity index (χ1n) is 7.10. The third-order valence-corrected chi connectivity index (χ3v) is 4.37. The topological polar surface area (TPSA) is 84.1 Å². The van der Waals surface area contributed by atoms with Crippen LogP contribution in [0.25, 0.3) is 10.2 Å². The lowest BCUT2D eigenvalue weighted by molar-refractivity contribution is -0.119. The Balaban J connectivity index is 2.49. The number of rotatable bonds is 6. The van der Waals surface area contributed by atoms with Gasteiger partial charge in [-0.15, -0.1) is 11.3 Å². The summed E-state index contributed by atoms with van der Waals surface area (Å²) in [6, 6.07) is 2.10. The van der Waals surface area contributed by atoms with Crippen molar-refractivity contribution in [3.63, 3.8) is 0 Å². The fourth-order valence-corrected chi connectivity index (χ4v) is 3.14. The number of carbonyl (C=O) groups excluding carboxylic acids is 1. The zero-order valence-electron chi connectivity index (χ0n) is 12.6. The molecule has 0 aliphatic rings. The van der Waals surface area contributed by atoms with Gasteiger partial charge in [-0.05, 0) is 18.9 Å². The number of aryl methyl sites for hydroxylation is 1. The molecule has 0 saturated heterocycles. The molecule has 6 nitrogen and oxygen atoms in total. The van der Waals surface area contributed by atoms with Crippen LogP contribution in [0.5, 0.6) is 0 Å². The highest BCUT2D eigenvalue weighted by Gasteiger charge is 2.17. The number of carbonyl (C=O) groups is 1. The predicted molar refractivity (Wildman–Crippen MR) is 87.8 cm³/mol. The van der Waals surface area contributed by atoms with Crippen molar-refractivity contribution >= 4 is 39.2 Å². The van der Waals surface area contributed by atoms with Crippen molar-refractivity contribution in [3.05, 3.63) is 10.9 Å². The number of fused-ring (bicyclic) bond motifs is 1. The number of nitrogen functional groups attached to an aromatic ring is 1. The van der Waals surface area contributed by atoms with Gasteiger partial charge in [0.15, 0.2) is 0 Å². The Labute approximate surface area is 128 Å². The quantitative estimate of drug-likeness (QED) is 0.850. The maximum Gasteiger partial charge on any atom is 0.239 e. The number of anilines is 2. The Morgan fingerprint density at radius 1 is 1.43 bits per heavy atom. The summed E-state index contributed by atoms with van der Waals surface area (Å²) in [4.78, 5) is 24.5. The molecule has 2 aromatic heterocycles. The molecule has 0 aromatic carbocycles. The molecule has 0 bridgehead atoms. The molecule has 2 rings (SSSR count). The molecule has 0 fully saturated rings. The molecular formula is C14H21N5OS. The van der Waals surface area contributed by atoms with Crippen LogP contribution in [0.1, 0.15) is 25.1 Å². The van der Waals surface area contributed by atoms with Gasteiger partial charge in [-0.2, -0.15) is 4.98 Å². The SMILES string of the molecule is CCCN(CC(=O)NC)c1nc(N)nc2sc(CC)cc12. The molecule has 0 saturated carbocycles.